The fourth-order valence-electron chi connectivity index (χ4n) is 3.07. The van der Waals surface area contributed by atoms with Crippen LogP contribution in [0.2, 0.25) is 0 Å². The quantitative estimate of drug-likeness (QED) is 0.630. The Kier molecular flexibility index (Phi) is 6.16. The first kappa shape index (κ1) is 19.0. The molecule has 1 heterocycles. The molecule has 142 valence electrons. The minimum Gasteiger partial charge on any atom is -0.325 e. The van der Waals surface area contributed by atoms with Crippen LogP contribution in [0.3, 0.4) is 0 Å². The van der Waals surface area contributed by atoms with E-state index in [1.54, 1.807) is 30.3 Å². The molecule has 0 aromatic heterocycles. The van der Waals surface area contributed by atoms with Crippen molar-refractivity contribution in [2.24, 2.45) is 0 Å². The van der Waals surface area contributed by atoms with Crippen LogP contribution in [-0.4, -0.2) is 23.9 Å². The van der Waals surface area contributed by atoms with Crippen LogP contribution < -0.4 is 21.5 Å². The normalized spacial score (nSPS) is 18.9. The van der Waals surface area contributed by atoms with Gasteiger partial charge in [0.15, 0.2) is 0 Å². The highest BCUT2D eigenvalue weighted by Gasteiger charge is 2.28. The molecule has 7 heteroatoms. The van der Waals surface area contributed by atoms with E-state index >= 15 is 0 Å². The molecule has 0 aliphatic carbocycles. The molecule has 2 aromatic carbocycles. The number of halogens is 1. The maximum Gasteiger partial charge on any atom is 0.255 e. The number of nitrogens with one attached hydrogen (secondary N) is 4. The second-order valence-corrected chi connectivity index (χ2v) is 6.60. The molecule has 6 nitrogen and oxygen atoms in total. The summed E-state index contributed by atoms with van der Waals surface area (Å²) in [5, 5.41) is 5.47. The Morgan fingerprint density at radius 1 is 1.07 bits per heavy atom. The van der Waals surface area contributed by atoms with Crippen molar-refractivity contribution in [3.05, 3.63) is 59.9 Å². The Hall–Kier alpha value is -2.77. The molecule has 1 aliphatic rings. The number of hydrogen-bond donors (Lipinski definition) is 4. The van der Waals surface area contributed by atoms with Crippen molar-refractivity contribution >= 4 is 23.2 Å². The van der Waals surface area contributed by atoms with E-state index in [9.17, 15) is 14.0 Å². The highest BCUT2D eigenvalue weighted by atomic mass is 19.1. The van der Waals surface area contributed by atoms with Gasteiger partial charge in [-0.1, -0.05) is 25.5 Å². The summed E-state index contributed by atoms with van der Waals surface area (Å²) in [5.41, 5.74) is 7.42. The lowest BCUT2D eigenvalue weighted by molar-refractivity contribution is -0.117. The maximum atomic E-state index is 13.2. The van der Waals surface area contributed by atoms with E-state index in [2.05, 4.69) is 28.4 Å². The summed E-state index contributed by atoms with van der Waals surface area (Å²) in [7, 11) is 0. The summed E-state index contributed by atoms with van der Waals surface area (Å²) in [6.45, 7) is 2.11. The molecule has 1 aliphatic heterocycles. The van der Waals surface area contributed by atoms with Crippen LogP contribution in [0.25, 0.3) is 0 Å². The third-order valence-corrected chi connectivity index (χ3v) is 4.41. The SMILES string of the molecule is CCCC1CC(C(=O)Nc2cccc(C(=O)Nc3cccc(F)c3)c2)NN1. The fraction of sp³-hybridized carbons (Fsp3) is 0.300. The summed E-state index contributed by atoms with van der Waals surface area (Å²) in [6, 6.07) is 12.3. The summed E-state index contributed by atoms with van der Waals surface area (Å²) in [5.74, 6) is -0.947. The lowest BCUT2D eigenvalue weighted by atomic mass is 10.1. The average Bonchev–Trinajstić information content (AvgIpc) is 3.11. The van der Waals surface area contributed by atoms with Crippen molar-refractivity contribution in [2.45, 2.75) is 38.3 Å². The van der Waals surface area contributed by atoms with E-state index in [4.69, 9.17) is 0 Å². The van der Waals surface area contributed by atoms with Crippen molar-refractivity contribution in [1.82, 2.24) is 10.9 Å². The molecule has 0 bridgehead atoms. The summed E-state index contributed by atoms with van der Waals surface area (Å²) < 4.78 is 13.2. The number of hydrazine groups is 1. The van der Waals surface area contributed by atoms with E-state index in [1.807, 2.05) is 0 Å². The van der Waals surface area contributed by atoms with Gasteiger partial charge in [0.2, 0.25) is 5.91 Å². The highest BCUT2D eigenvalue weighted by Crippen LogP contribution is 2.16. The van der Waals surface area contributed by atoms with Crippen molar-refractivity contribution < 1.29 is 14.0 Å². The molecule has 0 radical (unpaired) electrons. The molecule has 2 aromatic rings. The smallest absolute Gasteiger partial charge is 0.255 e. The third-order valence-electron chi connectivity index (χ3n) is 4.41. The fourth-order valence-corrected chi connectivity index (χ4v) is 3.07. The largest absolute Gasteiger partial charge is 0.325 e. The first-order valence-electron chi connectivity index (χ1n) is 9.04. The third kappa shape index (κ3) is 5.12. The number of rotatable bonds is 6. The zero-order valence-corrected chi connectivity index (χ0v) is 15.1. The zero-order valence-electron chi connectivity index (χ0n) is 15.1. The molecule has 4 N–H and O–H groups in total. The Labute approximate surface area is 157 Å². The van der Waals surface area contributed by atoms with E-state index in [1.165, 1.54) is 18.2 Å². The van der Waals surface area contributed by atoms with E-state index in [-0.39, 0.29) is 23.9 Å². The summed E-state index contributed by atoms with van der Waals surface area (Å²) in [6.07, 6.45) is 2.78. The standard InChI is InChI=1S/C20H23FN4O2/c1-2-5-17-12-18(25-24-17)20(27)23-15-8-3-6-13(10-15)19(26)22-16-9-4-7-14(21)11-16/h3-4,6-11,17-18,24-25H,2,5,12H2,1H3,(H,22,26)(H,23,27). The number of benzene rings is 2. The molecule has 2 atom stereocenters. The molecule has 2 unspecified atom stereocenters. The van der Waals surface area contributed by atoms with E-state index in [0.717, 1.165) is 19.3 Å². The molecule has 1 fully saturated rings. The highest BCUT2D eigenvalue weighted by molar-refractivity contribution is 6.05. The van der Waals surface area contributed by atoms with Gasteiger partial charge in [0.1, 0.15) is 11.9 Å². The number of anilines is 2. The van der Waals surface area contributed by atoms with Gasteiger partial charge in [-0.3, -0.25) is 15.0 Å². The number of amides is 2. The maximum absolute atomic E-state index is 13.2. The van der Waals surface area contributed by atoms with Gasteiger partial charge in [-0.05, 0) is 49.2 Å². The first-order valence-corrected chi connectivity index (χ1v) is 9.04. The Bertz CT molecular complexity index is 827. The van der Waals surface area contributed by atoms with Crippen LogP contribution in [0, 0.1) is 5.82 Å². The molecular weight excluding hydrogens is 347 g/mol. The molecule has 2 amide bonds. The number of carbonyl (C=O) groups excluding carboxylic acids is 2. The van der Waals surface area contributed by atoms with Crippen LogP contribution >= 0.6 is 0 Å². The lowest BCUT2D eigenvalue weighted by Crippen LogP contribution is -2.40. The molecule has 1 saturated heterocycles. The zero-order chi connectivity index (χ0) is 19.2. The molecular formula is C20H23FN4O2. The second-order valence-electron chi connectivity index (χ2n) is 6.60. The Morgan fingerprint density at radius 3 is 2.56 bits per heavy atom. The van der Waals surface area contributed by atoms with Crippen LogP contribution in [0.1, 0.15) is 36.5 Å². The van der Waals surface area contributed by atoms with Gasteiger partial charge in [-0.25, -0.2) is 9.82 Å². The van der Waals surface area contributed by atoms with Crippen molar-refractivity contribution in [3.63, 3.8) is 0 Å². The molecule has 0 spiro atoms. The predicted molar refractivity (Wildman–Crippen MR) is 103 cm³/mol. The van der Waals surface area contributed by atoms with Gasteiger partial charge < -0.3 is 10.6 Å². The summed E-state index contributed by atoms with van der Waals surface area (Å²) in [4.78, 5) is 24.8. The van der Waals surface area contributed by atoms with Crippen LogP contribution in [0.4, 0.5) is 15.8 Å². The van der Waals surface area contributed by atoms with Gasteiger partial charge in [-0.15, -0.1) is 0 Å². The van der Waals surface area contributed by atoms with E-state index in [0.29, 0.717) is 16.9 Å². The first-order chi connectivity index (χ1) is 13.0. The van der Waals surface area contributed by atoms with Crippen LogP contribution in [-0.2, 0) is 4.79 Å². The van der Waals surface area contributed by atoms with Gasteiger partial charge in [-0.2, -0.15) is 0 Å². The van der Waals surface area contributed by atoms with Gasteiger partial charge in [0, 0.05) is 23.0 Å². The molecule has 3 rings (SSSR count). The predicted octanol–water partition coefficient (Wildman–Crippen LogP) is 3.05. The van der Waals surface area contributed by atoms with Gasteiger partial charge >= 0.3 is 0 Å². The van der Waals surface area contributed by atoms with Gasteiger partial charge in [0.25, 0.3) is 5.91 Å². The number of carbonyl (C=O) groups is 2. The van der Waals surface area contributed by atoms with E-state index < -0.39 is 5.82 Å². The Morgan fingerprint density at radius 2 is 1.81 bits per heavy atom. The molecule has 0 saturated carbocycles. The number of hydrogen-bond acceptors (Lipinski definition) is 4. The monoisotopic (exact) mass is 370 g/mol. The van der Waals surface area contributed by atoms with Crippen molar-refractivity contribution in [3.8, 4) is 0 Å². The van der Waals surface area contributed by atoms with Crippen LogP contribution in [0.5, 0.6) is 0 Å². The van der Waals surface area contributed by atoms with Crippen LogP contribution in [0.15, 0.2) is 48.5 Å². The minimum absolute atomic E-state index is 0.149. The minimum atomic E-state index is -0.423. The lowest BCUT2D eigenvalue weighted by Gasteiger charge is -2.12. The summed E-state index contributed by atoms with van der Waals surface area (Å²) >= 11 is 0. The average molecular weight is 370 g/mol. The molecule has 27 heavy (non-hydrogen) atoms. The van der Waals surface area contributed by atoms with Crippen molar-refractivity contribution in [2.75, 3.05) is 10.6 Å². The second kappa shape index (κ2) is 8.75. The van der Waals surface area contributed by atoms with Gasteiger partial charge in [0.05, 0.1) is 0 Å². The topological polar surface area (TPSA) is 82.3 Å². The van der Waals surface area contributed by atoms with Crippen molar-refractivity contribution in [1.29, 1.82) is 0 Å². The Balaban J connectivity index is 1.61.